The molecule has 108 valence electrons. The van der Waals surface area contributed by atoms with Crippen molar-refractivity contribution in [2.24, 2.45) is 0 Å². The minimum Gasteiger partial charge on any atom is -0.353 e. The predicted octanol–water partition coefficient (Wildman–Crippen LogP) is 2.63. The smallest absolute Gasteiger partial charge is 0.220 e. The van der Waals surface area contributed by atoms with Gasteiger partial charge in [0.15, 0.2) is 4.77 Å². The Morgan fingerprint density at radius 2 is 2.33 bits per heavy atom. The molecule has 0 atom stereocenters. The van der Waals surface area contributed by atoms with Gasteiger partial charge in [-0.25, -0.2) is 0 Å². The standard InChI is InChI=1S/C15H16N4OS/c16-9-10-3-1-4-12-14(10)18-15(21)19(12)8-2-5-13(20)17-11-6-7-11/h1,3-4,11H,2,5-8H2,(H,17,20)(H,18,21). The van der Waals surface area contributed by atoms with Crippen LogP contribution in [0.4, 0.5) is 0 Å². The molecule has 1 aliphatic rings. The zero-order chi connectivity index (χ0) is 14.8. The van der Waals surface area contributed by atoms with Crippen LogP contribution in [0.2, 0.25) is 0 Å². The molecular weight excluding hydrogens is 284 g/mol. The lowest BCUT2D eigenvalue weighted by Crippen LogP contribution is -2.25. The molecule has 2 N–H and O–H groups in total. The van der Waals surface area contributed by atoms with Crippen LogP contribution in [0.1, 0.15) is 31.2 Å². The van der Waals surface area contributed by atoms with Crippen LogP contribution in [-0.2, 0) is 11.3 Å². The van der Waals surface area contributed by atoms with E-state index in [4.69, 9.17) is 17.5 Å². The number of para-hydroxylation sites is 1. The second-order valence-corrected chi connectivity index (χ2v) is 5.73. The van der Waals surface area contributed by atoms with Crippen LogP contribution in [0.25, 0.3) is 11.0 Å². The number of nitrogens with zero attached hydrogens (tertiary/aromatic N) is 2. The largest absolute Gasteiger partial charge is 0.353 e. The molecule has 0 radical (unpaired) electrons. The van der Waals surface area contributed by atoms with E-state index < -0.39 is 0 Å². The highest BCUT2D eigenvalue weighted by molar-refractivity contribution is 7.71. The van der Waals surface area contributed by atoms with Crippen LogP contribution in [-0.4, -0.2) is 21.5 Å². The molecule has 3 rings (SSSR count). The summed E-state index contributed by atoms with van der Waals surface area (Å²) in [4.78, 5) is 14.8. The molecule has 2 aromatic rings. The number of nitriles is 1. The molecule has 21 heavy (non-hydrogen) atoms. The van der Waals surface area contributed by atoms with Crippen LogP contribution < -0.4 is 5.32 Å². The van der Waals surface area contributed by atoms with E-state index >= 15 is 0 Å². The summed E-state index contributed by atoms with van der Waals surface area (Å²) < 4.78 is 2.55. The third-order valence-corrected chi connectivity index (χ3v) is 3.98. The lowest BCUT2D eigenvalue weighted by atomic mass is 10.2. The molecule has 1 heterocycles. The number of amides is 1. The van der Waals surface area contributed by atoms with Crippen LogP contribution in [0.5, 0.6) is 0 Å². The van der Waals surface area contributed by atoms with Crippen molar-refractivity contribution in [1.82, 2.24) is 14.9 Å². The van der Waals surface area contributed by atoms with Gasteiger partial charge < -0.3 is 14.9 Å². The molecular formula is C15H16N4OS. The number of aromatic amines is 1. The number of H-pyrrole nitrogens is 1. The number of benzene rings is 1. The van der Waals surface area contributed by atoms with Gasteiger partial charge >= 0.3 is 0 Å². The highest BCUT2D eigenvalue weighted by Crippen LogP contribution is 2.20. The van der Waals surface area contributed by atoms with Gasteiger partial charge in [-0.05, 0) is 43.6 Å². The molecule has 1 amide bonds. The van der Waals surface area contributed by atoms with Gasteiger partial charge in [0, 0.05) is 19.0 Å². The fourth-order valence-electron chi connectivity index (χ4n) is 2.42. The Bertz CT molecular complexity index is 779. The highest BCUT2D eigenvalue weighted by atomic mass is 32.1. The molecule has 0 unspecified atom stereocenters. The van der Waals surface area contributed by atoms with Gasteiger partial charge in [-0.3, -0.25) is 4.79 Å². The van der Waals surface area contributed by atoms with Crippen LogP contribution in [0.15, 0.2) is 18.2 Å². The first-order valence-electron chi connectivity index (χ1n) is 7.10. The number of rotatable bonds is 5. The summed E-state index contributed by atoms with van der Waals surface area (Å²) in [6.07, 6.45) is 3.45. The maximum absolute atomic E-state index is 11.7. The summed E-state index contributed by atoms with van der Waals surface area (Å²) in [5.41, 5.74) is 2.28. The summed E-state index contributed by atoms with van der Waals surface area (Å²) in [5, 5.41) is 12.1. The number of imidazole rings is 1. The third-order valence-electron chi connectivity index (χ3n) is 3.66. The number of aryl methyl sites for hydroxylation is 1. The number of hydrogen-bond donors (Lipinski definition) is 2. The molecule has 1 aromatic heterocycles. The Kier molecular flexibility index (Phi) is 3.76. The average molecular weight is 300 g/mol. The molecule has 1 fully saturated rings. The Morgan fingerprint density at radius 1 is 1.52 bits per heavy atom. The van der Waals surface area contributed by atoms with Gasteiger partial charge in [0.05, 0.1) is 16.6 Å². The van der Waals surface area contributed by atoms with Crippen LogP contribution in [0.3, 0.4) is 0 Å². The van der Waals surface area contributed by atoms with Crippen molar-refractivity contribution in [2.75, 3.05) is 0 Å². The van der Waals surface area contributed by atoms with Crippen molar-refractivity contribution in [3.8, 4) is 6.07 Å². The minimum absolute atomic E-state index is 0.113. The molecule has 5 nitrogen and oxygen atoms in total. The Balaban J connectivity index is 1.72. The quantitative estimate of drug-likeness (QED) is 0.834. The normalized spacial score (nSPS) is 14.0. The second kappa shape index (κ2) is 5.70. The SMILES string of the molecule is N#Cc1cccc2c1[nH]c(=S)n2CCCC(=O)NC1CC1. The van der Waals surface area contributed by atoms with Gasteiger partial charge in [-0.1, -0.05) is 6.07 Å². The van der Waals surface area contributed by atoms with E-state index in [1.807, 2.05) is 16.7 Å². The molecule has 1 saturated carbocycles. The number of hydrogen-bond acceptors (Lipinski definition) is 3. The molecule has 0 aliphatic heterocycles. The Hall–Kier alpha value is -2.13. The van der Waals surface area contributed by atoms with E-state index in [0.29, 0.717) is 29.3 Å². The van der Waals surface area contributed by atoms with Gasteiger partial charge in [0.1, 0.15) is 6.07 Å². The van der Waals surface area contributed by atoms with E-state index in [9.17, 15) is 4.79 Å². The van der Waals surface area contributed by atoms with Crippen LogP contribution in [0, 0.1) is 16.1 Å². The number of carbonyl (C=O) groups is 1. The van der Waals surface area contributed by atoms with E-state index in [1.54, 1.807) is 6.07 Å². The molecule has 1 aromatic carbocycles. The third kappa shape index (κ3) is 2.98. The first kappa shape index (κ1) is 13.8. The van der Waals surface area contributed by atoms with Gasteiger partial charge in [0.2, 0.25) is 5.91 Å². The summed E-state index contributed by atoms with van der Waals surface area (Å²) in [5.74, 6) is 0.113. The number of carbonyl (C=O) groups excluding carboxylic acids is 1. The van der Waals surface area contributed by atoms with E-state index in [-0.39, 0.29) is 5.91 Å². The molecule has 6 heteroatoms. The van der Waals surface area contributed by atoms with Crippen molar-refractivity contribution in [1.29, 1.82) is 5.26 Å². The molecule has 0 bridgehead atoms. The minimum atomic E-state index is 0.113. The van der Waals surface area contributed by atoms with Crippen molar-refractivity contribution >= 4 is 29.2 Å². The van der Waals surface area contributed by atoms with Gasteiger partial charge in [-0.15, -0.1) is 0 Å². The highest BCUT2D eigenvalue weighted by Gasteiger charge is 2.22. The van der Waals surface area contributed by atoms with Crippen molar-refractivity contribution in [2.45, 2.75) is 38.3 Å². The summed E-state index contributed by atoms with van der Waals surface area (Å²) in [7, 11) is 0. The van der Waals surface area contributed by atoms with Gasteiger partial charge in [-0.2, -0.15) is 5.26 Å². The lowest BCUT2D eigenvalue weighted by Gasteiger charge is -2.05. The molecule has 1 aliphatic carbocycles. The monoisotopic (exact) mass is 300 g/mol. The Labute approximate surface area is 127 Å². The van der Waals surface area contributed by atoms with E-state index in [2.05, 4.69) is 16.4 Å². The van der Waals surface area contributed by atoms with Gasteiger partial charge in [0.25, 0.3) is 0 Å². The number of nitrogens with one attached hydrogen (secondary N) is 2. The molecule has 0 spiro atoms. The van der Waals surface area contributed by atoms with E-state index in [0.717, 1.165) is 30.3 Å². The summed E-state index contributed by atoms with van der Waals surface area (Å²) >= 11 is 5.32. The average Bonchev–Trinajstić information content (AvgIpc) is 3.22. The van der Waals surface area contributed by atoms with Crippen molar-refractivity contribution < 1.29 is 4.79 Å². The first-order valence-corrected chi connectivity index (χ1v) is 7.51. The van der Waals surface area contributed by atoms with Crippen molar-refractivity contribution in [3.63, 3.8) is 0 Å². The predicted molar refractivity (Wildman–Crippen MR) is 82.2 cm³/mol. The zero-order valence-electron chi connectivity index (χ0n) is 11.6. The first-order chi connectivity index (χ1) is 10.2. The van der Waals surface area contributed by atoms with Crippen molar-refractivity contribution in [3.05, 3.63) is 28.5 Å². The zero-order valence-corrected chi connectivity index (χ0v) is 12.4. The maximum atomic E-state index is 11.7. The maximum Gasteiger partial charge on any atom is 0.220 e. The summed E-state index contributed by atoms with van der Waals surface area (Å²) in [6, 6.07) is 8.12. The van der Waals surface area contributed by atoms with Crippen LogP contribution >= 0.6 is 12.2 Å². The van der Waals surface area contributed by atoms with E-state index in [1.165, 1.54) is 0 Å². The topological polar surface area (TPSA) is 73.6 Å². The second-order valence-electron chi connectivity index (χ2n) is 5.34. The number of aromatic nitrogens is 2. The fraction of sp³-hybridized carbons (Fsp3) is 0.400. The lowest BCUT2D eigenvalue weighted by molar-refractivity contribution is -0.121. The fourth-order valence-corrected chi connectivity index (χ4v) is 2.71. The summed E-state index contributed by atoms with van der Waals surface area (Å²) in [6.45, 7) is 0.672. The molecule has 0 saturated heterocycles. The Morgan fingerprint density at radius 3 is 3.05 bits per heavy atom. The number of fused-ring (bicyclic) bond motifs is 1.